The summed E-state index contributed by atoms with van der Waals surface area (Å²) < 4.78 is 3.29. The van der Waals surface area contributed by atoms with Crippen LogP contribution in [0.3, 0.4) is 0 Å². The summed E-state index contributed by atoms with van der Waals surface area (Å²) >= 11 is 0. The van der Waals surface area contributed by atoms with E-state index in [2.05, 4.69) is 22.3 Å². The average Bonchev–Trinajstić information content (AvgIpc) is 3.10. The second-order valence-corrected chi connectivity index (χ2v) is 6.45. The van der Waals surface area contributed by atoms with E-state index in [1.165, 1.54) is 5.56 Å². The van der Waals surface area contributed by atoms with Crippen molar-refractivity contribution in [1.82, 2.24) is 19.6 Å². The van der Waals surface area contributed by atoms with Gasteiger partial charge in [0.1, 0.15) is 5.52 Å². The van der Waals surface area contributed by atoms with Crippen LogP contribution in [-0.4, -0.2) is 19.6 Å². The molecule has 0 spiro atoms. The second-order valence-electron chi connectivity index (χ2n) is 6.45. The summed E-state index contributed by atoms with van der Waals surface area (Å²) in [4.78, 5) is 13.1. The number of hydrogen-bond acceptors (Lipinski definition) is 3. The minimum absolute atomic E-state index is 0.109. The van der Waals surface area contributed by atoms with Crippen molar-refractivity contribution in [3.63, 3.8) is 0 Å². The molecule has 2 aromatic carbocycles. The van der Waals surface area contributed by atoms with E-state index in [1.54, 1.807) is 15.6 Å². The van der Waals surface area contributed by atoms with Crippen LogP contribution in [0.5, 0.6) is 0 Å². The molecule has 0 fully saturated rings. The molecule has 0 amide bonds. The first-order chi connectivity index (χ1) is 12.6. The van der Waals surface area contributed by atoms with Gasteiger partial charge in [0.05, 0.1) is 17.6 Å². The molecule has 130 valence electrons. The van der Waals surface area contributed by atoms with Gasteiger partial charge in [-0.2, -0.15) is 10.2 Å². The smallest absolute Gasteiger partial charge is 0.265 e. The van der Waals surface area contributed by atoms with Crippen LogP contribution in [0.1, 0.15) is 16.8 Å². The molecule has 0 saturated heterocycles. The fourth-order valence-corrected chi connectivity index (χ4v) is 3.24. The first kappa shape index (κ1) is 16.3. The summed E-state index contributed by atoms with van der Waals surface area (Å²) in [5, 5.41) is 9.77. The minimum Gasteiger partial charge on any atom is -0.265 e. The monoisotopic (exact) mass is 344 g/mol. The molecule has 0 aliphatic carbocycles. The average molecular weight is 344 g/mol. The zero-order valence-corrected chi connectivity index (χ0v) is 14.9. The lowest BCUT2D eigenvalue weighted by atomic mass is 10.1. The van der Waals surface area contributed by atoms with Gasteiger partial charge in [-0.25, -0.2) is 9.36 Å². The maximum atomic E-state index is 13.1. The Morgan fingerprint density at radius 3 is 2.46 bits per heavy atom. The highest BCUT2D eigenvalue weighted by molar-refractivity contribution is 5.81. The van der Waals surface area contributed by atoms with Gasteiger partial charge in [0, 0.05) is 11.9 Å². The summed E-state index contributed by atoms with van der Waals surface area (Å²) in [6.07, 6.45) is 2.49. The molecule has 0 bridgehead atoms. The van der Waals surface area contributed by atoms with Gasteiger partial charge in [0.2, 0.25) is 0 Å². The van der Waals surface area contributed by atoms with Crippen LogP contribution in [0.25, 0.3) is 16.6 Å². The zero-order valence-electron chi connectivity index (χ0n) is 14.9. The molecule has 2 aromatic heterocycles. The Bertz CT molecular complexity index is 1130. The van der Waals surface area contributed by atoms with Crippen molar-refractivity contribution >= 4 is 10.9 Å². The third-order valence-corrected chi connectivity index (χ3v) is 4.67. The number of aromatic nitrogens is 4. The van der Waals surface area contributed by atoms with Gasteiger partial charge in [0.15, 0.2) is 0 Å². The standard InChI is InChI=1S/C21H20N4O/c1-15-8-6-7-11-19(15)25-20-18(14-22-25)16(2)23-24(21(20)26)13-12-17-9-4-3-5-10-17/h3-11,14H,12-13H2,1-2H3. The fraction of sp³-hybridized carbons (Fsp3) is 0.190. The second kappa shape index (κ2) is 6.59. The molecule has 0 N–H and O–H groups in total. The van der Waals surface area contributed by atoms with E-state index in [9.17, 15) is 4.79 Å². The lowest BCUT2D eigenvalue weighted by Gasteiger charge is -2.10. The highest BCUT2D eigenvalue weighted by atomic mass is 16.1. The van der Waals surface area contributed by atoms with E-state index in [4.69, 9.17) is 0 Å². The van der Waals surface area contributed by atoms with Crippen molar-refractivity contribution in [2.45, 2.75) is 26.8 Å². The van der Waals surface area contributed by atoms with Gasteiger partial charge in [-0.3, -0.25) is 4.79 Å². The molecule has 26 heavy (non-hydrogen) atoms. The molecular weight excluding hydrogens is 324 g/mol. The highest BCUT2D eigenvalue weighted by Crippen LogP contribution is 2.19. The van der Waals surface area contributed by atoms with Crippen LogP contribution in [-0.2, 0) is 13.0 Å². The lowest BCUT2D eigenvalue weighted by Crippen LogP contribution is -2.26. The number of aryl methyl sites for hydroxylation is 4. The maximum absolute atomic E-state index is 13.1. The molecule has 0 unspecified atom stereocenters. The fourth-order valence-electron chi connectivity index (χ4n) is 3.24. The van der Waals surface area contributed by atoms with E-state index < -0.39 is 0 Å². The molecule has 4 aromatic rings. The predicted molar refractivity (Wildman–Crippen MR) is 103 cm³/mol. The molecule has 0 atom stereocenters. The summed E-state index contributed by atoms with van der Waals surface area (Å²) in [5.41, 5.74) is 4.46. The Balaban J connectivity index is 1.81. The Hall–Kier alpha value is -3.21. The van der Waals surface area contributed by atoms with E-state index in [1.807, 2.05) is 56.3 Å². The van der Waals surface area contributed by atoms with Crippen LogP contribution in [0.2, 0.25) is 0 Å². The molecule has 2 heterocycles. The normalized spacial score (nSPS) is 11.2. The maximum Gasteiger partial charge on any atom is 0.293 e. The van der Waals surface area contributed by atoms with Gasteiger partial charge in [-0.15, -0.1) is 0 Å². The molecular formula is C21H20N4O. The number of benzene rings is 2. The number of rotatable bonds is 4. The van der Waals surface area contributed by atoms with Crippen molar-refractivity contribution in [2.75, 3.05) is 0 Å². The molecule has 5 nitrogen and oxygen atoms in total. The van der Waals surface area contributed by atoms with Crippen LogP contribution in [0, 0.1) is 13.8 Å². The van der Waals surface area contributed by atoms with Crippen LogP contribution in [0.15, 0.2) is 65.6 Å². The first-order valence-electron chi connectivity index (χ1n) is 8.70. The quantitative estimate of drug-likeness (QED) is 0.570. The number of fused-ring (bicyclic) bond motifs is 1. The molecule has 0 aliphatic rings. The first-order valence-corrected chi connectivity index (χ1v) is 8.70. The molecule has 5 heteroatoms. The third-order valence-electron chi connectivity index (χ3n) is 4.67. The third kappa shape index (κ3) is 2.81. The van der Waals surface area contributed by atoms with Crippen molar-refractivity contribution < 1.29 is 0 Å². The Labute approximate surface area is 151 Å². The van der Waals surface area contributed by atoms with Gasteiger partial charge >= 0.3 is 0 Å². The van der Waals surface area contributed by atoms with Gasteiger partial charge in [-0.05, 0) is 37.5 Å². The largest absolute Gasteiger partial charge is 0.293 e. The molecule has 4 rings (SSSR count). The van der Waals surface area contributed by atoms with Crippen molar-refractivity contribution in [3.05, 3.63) is 88.0 Å². The van der Waals surface area contributed by atoms with Crippen molar-refractivity contribution in [1.29, 1.82) is 0 Å². The van der Waals surface area contributed by atoms with Crippen molar-refractivity contribution in [2.24, 2.45) is 0 Å². The SMILES string of the molecule is Cc1ccccc1-n1ncc2c(C)nn(CCc3ccccc3)c(=O)c21. The molecule has 0 aliphatic heterocycles. The van der Waals surface area contributed by atoms with E-state index >= 15 is 0 Å². The predicted octanol–water partition coefficient (Wildman–Crippen LogP) is 3.44. The van der Waals surface area contributed by atoms with E-state index in [0.717, 1.165) is 28.8 Å². The highest BCUT2D eigenvalue weighted by Gasteiger charge is 2.15. The summed E-state index contributed by atoms with van der Waals surface area (Å²) in [6.45, 7) is 4.48. The van der Waals surface area contributed by atoms with Gasteiger partial charge in [-0.1, -0.05) is 48.5 Å². The number of nitrogens with zero attached hydrogens (tertiary/aromatic N) is 4. The summed E-state index contributed by atoms with van der Waals surface area (Å²) in [6, 6.07) is 18.1. The topological polar surface area (TPSA) is 52.7 Å². The molecule has 0 saturated carbocycles. The summed E-state index contributed by atoms with van der Waals surface area (Å²) in [5.74, 6) is 0. The van der Waals surface area contributed by atoms with E-state index in [-0.39, 0.29) is 5.56 Å². The lowest BCUT2D eigenvalue weighted by molar-refractivity contribution is 0.575. The zero-order chi connectivity index (χ0) is 18.1. The Morgan fingerprint density at radius 1 is 0.962 bits per heavy atom. The van der Waals surface area contributed by atoms with Crippen LogP contribution >= 0.6 is 0 Å². The summed E-state index contributed by atoms with van der Waals surface area (Å²) in [7, 11) is 0. The minimum atomic E-state index is -0.109. The van der Waals surface area contributed by atoms with Gasteiger partial charge < -0.3 is 0 Å². The van der Waals surface area contributed by atoms with Crippen molar-refractivity contribution in [3.8, 4) is 5.69 Å². The molecule has 0 radical (unpaired) electrons. The van der Waals surface area contributed by atoms with E-state index in [0.29, 0.717) is 12.1 Å². The Kier molecular flexibility index (Phi) is 4.13. The Morgan fingerprint density at radius 2 is 1.69 bits per heavy atom. The van der Waals surface area contributed by atoms with Crippen LogP contribution in [0.4, 0.5) is 0 Å². The van der Waals surface area contributed by atoms with Crippen LogP contribution < -0.4 is 5.56 Å². The number of hydrogen-bond donors (Lipinski definition) is 0. The van der Waals surface area contributed by atoms with Gasteiger partial charge in [0.25, 0.3) is 5.56 Å². The number of para-hydroxylation sites is 1.